The molecular formula is C36H40O8S3. The van der Waals surface area contributed by atoms with Crippen molar-refractivity contribution in [1.82, 2.24) is 0 Å². The van der Waals surface area contributed by atoms with Crippen molar-refractivity contribution < 1.29 is 37.9 Å². The van der Waals surface area contributed by atoms with Gasteiger partial charge in [0, 0.05) is 68.8 Å². The molecule has 0 spiro atoms. The summed E-state index contributed by atoms with van der Waals surface area (Å²) in [5.74, 6) is 3.15. The Morgan fingerprint density at radius 3 is 1.04 bits per heavy atom. The van der Waals surface area contributed by atoms with Gasteiger partial charge in [-0.05, 0) is 72.8 Å². The Morgan fingerprint density at radius 2 is 0.681 bits per heavy atom. The van der Waals surface area contributed by atoms with E-state index in [9.17, 15) is 0 Å². The van der Waals surface area contributed by atoms with Gasteiger partial charge in [-0.25, -0.2) is 0 Å². The number of hydrogen-bond acceptors (Lipinski definition) is 11. The minimum atomic E-state index is 0.467. The van der Waals surface area contributed by atoms with Gasteiger partial charge < -0.3 is 37.9 Å². The van der Waals surface area contributed by atoms with Crippen molar-refractivity contribution in [3.8, 4) is 63.4 Å². The number of rotatable bonds is 20. The van der Waals surface area contributed by atoms with Gasteiger partial charge in [-0.3, -0.25) is 0 Å². The van der Waals surface area contributed by atoms with E-state index in [4.69, 9.17) is 37.9 Å². The van der Waals surface area contributed by atoms with Gasteiger partial charge in [-0.2, -0.15) is 0 Å². The summed E-state index contributed by atoms with van der Waals surface area (Å²) in [5.41, 5.74) is 1.98. The number of methoxy groups -OCH3 is 4. The average molecular weight is 697 g/mol. The molecule has 2 aromatic carbocycles. The van der Waals surface area contributed by atoms with Crippen LogP contribution in [-0.2, 0) is 18.9 Å². The highest BCUT2D eigenvalue weighted by Gasteiger charge is 2.16. The maximum Gasteiger partial charge on any atom is 0.128 e. The van der Waals surface area contributed by atoms with Crippen LogP contribution in [-0.4, -0.2) is 81.3 Å². The number of hydrogen-bond donors (Lipinski definition) is 0. The molecule has 47 heavy (non-hydrogen) atoms. The van der Waals surface area contributed by atoms with Crippen molar-refractivity contribution >= 4 is 34.0 Å². The van der Waals surface area contributed by atoms with Crippen LogP contribution in [0.3, 0.4) is 0 Å². The second kappa shape index (κ2) is 18.2. The maximum absolute atomic E-state index is 6.07. The molecule has 0 saturated carbocycles. The maximum atomic E-state index is 6.07. The van der Waals surface area contributed by atoms with Crippen LogP contribution in [0.4, 0.5) is 0 Å². The van der Waals surface area contributed by atoms with E-state index in [1.807, 2.05) is 36.4 Å². The largest absolute Gasteiger partial charge is 0.491 e. The summed E-state index contributed by atoms with van der Waals surface area (Å²) in [4.78, 5) is 7.00. The normalized spacial score (nSPS) is 11.1. The van der Waals surface area contributed by atoms with E-state index in [0.717, 1.165) is 43.9 Å². The second-order valence-corrected chi connectivity index (χ2v) is 13.4. The first kappa shape index (κ1) is 34.9. The summed E-state index contributed by atoms with van der Waals surface area (Å²) in [7, 11) is 6.67. The minimum Gasteiger partial charge on any atom is -0.491 e. The van der Waals surface area contributed by atoms with Crippen LogP contribution in [0.5, 0.6) is 23.0 Å². The molecule has 0 aliphatic rings. The lowest BCUT2D eigenvalue weighted by Gasteiger charge is -2.13. The highest BCUT2D eigenvalue weighted by Crippen LogP contribution is 2.46. The zero-order chi connectivity index (χ0) is 32.8. The highest BCUT2D eigenvalue weighted by molar-refractivity contribution is 7.27. The van der Waals surface area contributed by atoms with Crippen LogP contribution in [0, 0.1) is 0 Å². The predicted octanol–water partition coefficient (Wildman–Crippen LogP) is 8.64. The van der Waals surface area contributed by atoms with Gasteiger partial charge in [-0.15, -0.1) is 34.0 Å². The Morgan fingerprint density at radius 1 is 0.362 bits per heavy atom. The second-order valence-electron chi connectivity index (χ2n) is 10.2. The molecule has 11 heteroatoms. The monoisotopic (exact) mass is 696 g/mol. The molecule has 3 heterocycles. The average Bonchev–Trinajstić information content (AvgIpc) is 3.88. The minimum absolute atomic E-state index is 0.467. The molecule has 0 amide bonds. The third-order valence-electron chi connectivity index (χ3n) is 6.94. The van der Waals surface area contributed by atoms with E-state index in [0.29, 0.717) is 52.9 Å². The zero-order valence-corrected chi connectivity index (χ0v) is 29.5. The molecule has 3 aromatic heterocycles. The summed E-state index contributed by atoms with van der Waals surface area (Å²) >= 11 is 5.25. The number of ether oxygens (including phenoxy) is 8. The smallest absolute Gasteiger partial charge is 0.128 e. The van der Waals surface area contributed by atoms with Crippen LogP contribution >= 0.6 is 34.0 Å². The first-order valence-electron chi connectivity index (χ1n) is 15.2. The van der Waals surface area contributed by atoms with Gasteiger partial charge in [0.15, 0.2) is 0 Å². The van der Waals surface area contributed by atoms with Gasteiger partial charge in [0.2, 0.25) is 0 Å². The van der Waals surface area contributed by atoms with Crippen LogP contribution in [0.25, 0.3) is 40.4 Å². The first-order chi connectivity index (χ1) is 23.1. The fourth-order valence-electron chi connectivity index (χ4n) is 4.62. The molecule has 0 fully saturated rings. The molecule has 5 aromatic rings. The Hall–Kier alpha value is -3.42. The third-order valence-corrected chi connectivity index (χ3v) is 10.7. The number of benzene rings is 2. The van der Waals surface area contributed by atoms with Gasteiger partial charge in [-0.1, -0.05) is 0 Å². The lowest BCUT2D eigenvalue weighted by atomic mass is 10.1. The van der Waals surface area contributed by atoms with E-state index >= 15 is 0 Å². The van der Waals surface area contributed by atoms with Crippen molar-refractivity contribution in [1.29, 1.82) is 0 Å². The van der Waals surface area contributed by atoms with Gasteiger partial charge in [0.25, 0.3) is 0 Å². The van der Waals surface area contributed by atoms with Crippen molar-refractivity contribution in [2.45, 2.75) is 0 Å². The third kappa shape index (κ3) is 9.57. The Bertz CT molecular complexity index is 1550. The molecule has 0 N–H and O–H groups in total. The van der Waals surface area contributed by atoms with Crippen LogP contribution in [0.2, 0.25) is 0 Å². The quantitative estimate of drug-likeness (QED) is 0.0749. The van der Waals surface area contributed by atoms with Gasteiger partial charge >= 0.3 is 0 Å². The number of thiophene rings is 3. The van der Waals surface area contributed by atoms with Crippen molar-refractivity contribution in [2.75, 3.05) is 81.3 Å². The Balaban J connectivity index is 1.37. The molecule has 0 saturated heterocycles. The molecule has 250 valence electrons. The van der Waals surface area contributed by atoms with Crippen LogP contribution in [0.1, 0.15) is 0 Å². The molecule has 0 atom stereocenters. The SMILES string of the molecule is COCCOc1ccc(OCCOC)c(-c2ccc(-c3ccc(-c4ccc(-c5cc(OCCOC)ccc5OCCOC)s4)s3)s2)c1. The van der Waals surface area contributed by atoms with E-state index < -0.39 is 0 Å². The Kier molecular flexibility index (Phi) is 13.5. The molecule has 0 radical (unpaired) electrons. The molecule has 0 bridgehead atoms. The zero-order valence-electron chi connectivity index (χ0n) is 27.1. The summed E-state index contributed by atoms with van der Waals surface area (Å²) in [5, 5.41) is 0. The van der Waals surface area contributed by atoms with Crippen molar-refractivity contribution in [3.63, 3.8) is 0 Å². The summed E-state index contributed by atoms with van der Waals surface area (Å²) in [6.45, 7) is 3.97. The predicted molar refractivity (Wildman–Crippen MR) is 191 cm³/mol. The standard InChI is InChI=1S/C36H40O8S3/c1-37-15-19-41-25-5-7-29(43-21-17-39-3)27(23-25)31-9-11-33(45-31)35-13-14-36(47-35)34-12-10-32(46-34)28-24-26(42-20-16-38-2)6-8-30(28)44-22-18-40-4/h5-14,23-24H,15-22H2,1-4H3. The van der Waals surface area contributed by atoms with E-state index in [2.05, 4.69) is 36.4 Å². The van der Waals surface area contributed by atoms with E-state index in [1.54, 1.807) is 62.4 Å². The lowest BCUT2D eigenvalue weighted by molar-refractivity contribution is 0.144. The topological polar surface area (TPSA) is 73.8 Å². The van der Waals surface area contributed by atoms with E-state index in [1.165, 1.54) is 19.5 Å². The first-order valence-corrected chi connectivity index (χ1v) is 17.6. The van der Waals surface area contributed by atoms with Crippen LogP contribution < -0.4 is 18.9 Å². The molecule has 0 unspecified atom stereocenters. The summed E-state index contributed by atoms with van der Waals surface area (Å²) in [6, 6.07) is 24.9. The van der Waals surface area contributed by atoms with Gasteiger partial charge in [0.05, 0.1) is 26.4 Å². The van der Waals surface area contributed by atoms with E-state index in [-0.39, 0.29) is 0 Å². The fourth-order valence-corrected chi connectivity index (χ4v) is 7.86. The van der Waals surface area contributed by atoms with Crippen molar-refractivity contribution in [2.24, 2.45) is 0 Å². The summed E-state index contributed by atoms with van der Waals surface area (Å²) < 4.78 is 44.6. The molecule has 0 aliphatic carbocycles. The van der Waals surface area contributed by atoms with Gasteiger partial charge in [0.1, 0.15) is 49.4 Å². The molecule has 5 rings (SSSR count). The van der Waals surface area contributed by atoms with Crippen molar-refractivity contribution in [3.05, 3.63) is 72.8 Å². The molecule has 0 aliphatic heterocycles. The fraction of sp³-hybridized carbons (Fsp3) is 0.333. The Labute approximate surface area is 288 Å². The van der Waals surface area contributed by atoms with Crippen LogP contribution in [0.15, 0.2) is 72.8 Å². The highest BCUT2D eigenvalue weighted by atomic mass is 32.1. The lowest BCUT2D eigenvalue weighted by Crippen LogP contribution is -2.06. The molecular weight excluding hydrogens is 657 g/mol. The summed E-state index contributed by atoms with van der Waals surface area (Å²) in [6.07, 6.45) is 0. The molecule has 8 nitrogen and oxygen atoms in total.